The number of amides is 1. The number of hydrogen-bond acceptors (Lipinski definition) is 7. The van der Waals surface area contributed by atoms with Crippen LogP contribution in [-0.4, -0.2) is 32.3 Å². The molecule has 3 rings (SSSR count). The van der Waals surface area contributed by atoms with Gasteiger partial charge in [-0.05, 0) is 24.3 Å². The van der Waals surface area contributed by atoms with Crippen molar-refractivity contribution in [3.05, 3.63) is 48.0 Å². The maximum Gasteiger partial charge on any atom is 0.342 e. The number of rotatable bonds is 4. The zero-order valence-corrected chi connectivity index (χ0v) is 12.5. The third-order valence-corrected chi connectivity index (χ3v) is 3.56. The maximum atomic E-state index is 11.9. The van der Waals surface area contributed by atoms with Crippen molar-refractivity contribution in [1.82, 2.24) is 8.75 Å². The number of aromatic nitrogens is 2. The minimum absolute atomic E-state index is 0.00565. The number of hydrogen-bond donors (Lipinski definition) is 2. The van der Waals surface area contributed by atoms with E-state index in [0.29, 0.717) is 16.7 Å². The molecule has 116 valence electrons. The molecule has 2 N–H and O–H groups in total. The molecule has 1 aromatic heterocycles. The molecule has 0 radical (unpaired) electrons. The van der Waals surface area contributed by atoms with Gasteiger partial charge in [0.2, 0.25) is 0 Å². The number of para-hydroxylation sites is 1. The third-order valence-electron chi connectivity index (χ3n) is 3.02. The van der Waals surface area contributed by atoms with Gasteiger partial charge in [0.1, 0.15) is 22.3 Å². The van der Waals surface area contributed by atoms with Crippen LogP contribution < -0.4 is 5.32 Å². The fraction of sp³-hybridized carbons (Fsp3) is 0.0667. The van der Waals surface area contributed by atoms with Crippen molar-refractivity contribution >= 4 is 40.3 Å². The van der Waals surface area contributed by atoms with Crippen molar-refractivity contribution in [2.45, 2.75) is 0 Å². The molecule has 0 fully saturated rings. The molecular formula is C15H11N3O4S. The molecule has 0 spiro atoms. The Labute approximate surface area is 134 Å². The summed E-state index contributed by atoms with van der Waals surface area (Å²) in [5.74, 6) is -1.47. The number of nitrogens with zero attached hydrogens (tertiary/aromatic N) is 2. The number of carbonyl (C=O) groups is 2. The number of anilines is 1. The Morgan fingerprint density at radius 2 is 1.96 bits per heavy atom. The molecule has 0 bridgehead atoms. The fourth-order valence-electron chi connectivity index (χ4n) is 1.95. The first kappa shape index (κ1) is 14.9. The molecule has 7 nitrogen and oxygen atoms in total. The van der Waals surface area contributed by atoms with Crippen molar-refractivity contribution < 1.29 is 19.4 Å². The third kappa shape index (κ3) is 3.27. The number of phenols is 1. The summed E-state index contributed by atoms with van der Waals surface area (Å²) in [6, 6.07) is 11.2. The summed E-state index contributed by atoms with van der Waals surface area (Å²) >= 11 is 1.05. The van der Waals surface area contributed by atoms with E-state index in [9.17, 15) is 14.7 Å². The van der Waals surface area contributed by atoms with E-state index in [1.807, 2.05) is 0 Å². The molecule has 0 atom stereocenters. The van der Waals surface area contributed by atoms with Crippen LogP contribution in [0.2, 0.25) is 0 Å². The van der Waals surface area contributed by atoms with Crippen LogP contribution in [0.25, 0.3) is 11.0 Å². The molecule has 0 unspecified atom stereocenters. The minimum atomic E-state index is -0.771. The van der Waals surface area contributed by atoms with Gasteiger partial charge in [-0.15, -0.1) is 0 Å². The predicted molar refractivity (Wildman–Crippen MR) is 84.4 cm³/mol. The van der Waals surface area contributed by atoms with Crippen LogP contribution in [0.3, 0.4) is 0 Å². The number of nitrogens with one attached hydrogen (secondary N) is 1. The van der Waals surface area contributed by atoms with E-state index < -0.39 is 18.5 Å². The highest BCUT2D eigenvalue weighted by molar-refractivity contribution is 7.00. The van der Waals surface area contributed by atoms with Gasteiger partial charge in [-0.3, -0.25) is 4.79 Å². The highest BCUT2D eigenvalue weighted by Gasteiger charge is 2.14. The molecule has 1 heterocycles. The number of ether oxygens (including phenoxy) is 1. The van der Waals surface area contributed by atoms with Crippen LogP contribution in [0, 0.1) is 0 Å². The van der Waals surface area contributed by atoms with Crippen LogP contribution in [0.5, 0.6) is 5.75 Å². The van der Waals surface area contributed by atoms with Gasteiger partial charge in [0, 0.05) is 0 Å². The molecular weight excluding hydrogens is 318 g/mol. The van der Waals surface area contributed by atoms with Gasteiger partial charge in [-0.25, -0.2) is 4.79 Å². The average molecular weight is 329 g/mol. The second-order valence-corrected chi connectivity index (χ2v) is 5.11. The van der Waals surface area contributed by atoms with Crippen LogP contribution in [0.15, 0.2) is 42.5 Å². The van der Waals surface area contributed by atoms with Crippen molar-refractivity contribution in [1.29, 1.82) is 0 Å². The fourth-order valence-corrected chi connectivity index (χ4v) is 2.50. The SMILES string of the molecule is O=C(COC(=O)c1ccccc1O)Nc1cccc2nsnc12. The number of esters is 1. The first-order valence-electron chi connectivity index (χ1n) is 6.61. The largest absolute Gasteiger partial charge is 0.507 e. The number of phenolic OH excluding ortho intramolecular Hbond substituents is 1. The normalized spacial score (nSPS) is 10.4. The number of fused-ring (bicyclic) bond motifs is 1. The molecule has 23 heavy (non-hydrogen) atoms. The van der Waals surface area contributed by atoms with Crippen molar-refractivity contribution in [2.75, 3.05) is 11.9 Å². The molecule has 1 amide bonds. The number of carbonyl (C=O) groups excluding carboxylic acids is 2. The Hall–Kier alpha value is -3.00. The average Bonchev–Trinajstić information content (AvgIpc) is 3.03. The lowest BCUT2D eigenvalue weighted by Crippen LogP contribution is -2.21. The molecule has 0 aliphatic rings. The molecule has 3 aromatic rings. The van der Waals surface area contributed by atoms with Crippen LogP contribution in [-0.2, 0) is 9.53 Å². The van der Waals surface area contributed by atoms with Gasteiger partial charge >= 0.3 is 5.97 Å². The Morgan fingerprint density at radius 3 is 2.78 bits per heavy atom. The summed E-state index contributed by atoms with van der Waals surface area (Å²) in [6.07, 6.45) is 0. The highest BCUT2D eigenvalue weighted by atomic mass is 32.1. The number of benzene rings is 2. The Bertz CT molecular complexity index is 878. The summed E-state index contributed by atoms with van der Waals surface area (Å²) < 4.78 is 13.1. The van der Waals surface area contributed by atoms with Gasteiger partial charge in [-0.1, -0.05) is 18.2 Å². The van der Waals surface area contributed by atoms with E-state index in [0.717, 1.165) is 11.7 Å². The quantitative estimate of drug-likeness (QED) is 0.712. The van der Waals surface area contributed by atoms with E-state index in [1.54, 1.807) is 30.3 Å². The monoisotopic (exact) mass is 329 g/mol. The van der Waals surface area contributed by atoms with Crippen LogP contribution in [0.4, 0.5) is 5.69 Å². The van der Waals surface area contributed by atoms with E-state index >= 15 is 0 Å². The van der Waals surface area contributed by atoms with E-state index in [-0.39, 0.29) is 11.3 Å². The van der Waals surface area contributed by atoms with Gasteiger partial charge < -0.3 is 15.2 Å². The smallest absolute Gasteiger partial charge is 0.342 e. The Balaban J connectivity index is 1.63. The van der Waals surface area contributed by atoms with Crippen LogP contribution >= 0.6 is 11.7 Å². The summed E-state index contributed by atoms with van der Waals surface area (Å²) in [6.45, 7) is -0.471. The first-order chi connectivity index (χ1) is 11.1. The molecule has 8 heteroatoms. The standard InChI is InChI=1S/C15H11N3O4S/c19-12-7-2-1-4-9(12)15(21)22-8-13(20)16-10-5-3-6-11-14(10)18-23-17-11/h1-7,19H,8H2,(H,16,20). The Kier molecular flexibility index (Phi) is 4.15. The second-order valence-electron chi connectivity index (χ2n) is 4.58. The summed E-state index contributed by atoms with van der Waals surface area (Å²) in [5, 5.41) is 12.2. The zero-order chi connectivity index (χ0) is 16.2. The topological polar surface area (TPSA) is 101 Å². The highest BCUT2D eigenvalue weighted by Crippen LogP contribution is 2.21. The van der Waals surface area contributed by atoms with E-state index in [1.165, 1.54) is 12.1 Å². The molecule has 0 aliphatic heterocycles. The molecule has 0 saturated carbocycles. The van der Waals surface area contributed by atoms with Gasteiger partial charge in [-0.2, -0.15) is 8.75 Å². The summed E-state index contributed by atoms with van der Waals surface area (Å²) in [7, 11) is 0. The number of aromatic hydroxyl groups is 1. The maximum absolute atomic E-state index is 11.9. The van der Waals surface area contributed by atoms with E-state index in [2.05, 4.69) is 14.1 Å². The summed E-state index contributed by atoms with van der Waals surface area (Å²) in [5.41, 5.74) is 1.77. The predicted octanol–water partition coefficient (Wildman–Crippen LogP) is 2.19. The minimum Gasteiger partial charge on any atom is -0.507 e. The van der Waals surface area contributed by atoms with Crippen molar-refractivity contribution in [3.63, 3.8) is 0 Å². The zero-order valence-electron chi connectivity index (χ0n) is 11.7. The lowest BCUT2D eigenvalue weighted by Gasteiger charge is -2.07. The molecule has 0 aliphatic carbocycles. The van der Waals surface area contributed by atoms with Crippen molar-refractivity contribution in [3.8, 4) is 5.75 Å². The lowest BCUT2D eigenvalue weighted by molar-refractivity contribution is -0.119. The van der Waals surface area contributed by atoms with Crippen molar-refractivity contribution in [2.24, 2.45) is 0 Å². The van der Waals surface area contributed by atoms with Gasteiger partial charge in [0.25, 0.3) is 5.91 Å². The van der Waals surface area contributed by atoms with Crippen LogP contribution in [0.1, 0.15) is 10.4 Å². The van der Waals surface area contributed by atoms with Gasteiger partial charge in [0.15, 0.2) is 6.61 Å². The van der Waals surface area contributed by atoms with Gasteiger partial charge in [0.05, 0.1) is 17.4 Å². The second kappa shape index (κ2) is 6.41. The lowest BCUT2D eigenvalue weighted by atomic mass is 10.2. The van der Waals surface area contributed by atoms with E-state index in [4.69, 9.17) is 4.74 Å². The first-order valence-corrected chi connectivity index (χ1v) is 7.34. The molecule has 2 aromatic carbocycles. The Morgan fingerprint density at radius 1 is 1.13 bits per heavy atom. The summed E-state index contributed by atoms with van der Waals surface area (Å²) in [4.78, 5) is 23.7. The molecule has 0 saturated heterocycles.